The predicted molar refractivity (Wildman–Crippen MR) is 130 cm³/mol. The smallest absolute Gasteiger partial charge is 0.282 e. The van der Waals surface area contributed by atoms with E-state index in [1.54, 1.807) is 42.9 Å². The molecule has 0 saturated carbocycles. The molecule has 0 unspecified atom stereocenters. The quantitative estimate of drug-likeness (QED) is 0.235. The molecule has 8 nitrogen and oxygen atoms in total. The molecule has 0 amide bonds. The van der Waals surface area contributed by atoms with E-state index < -0.39 is 0 Å². The summed E-state index contributed by atoms with van der Waals surface area (Å²) < 4.78 is 7.86. The minimum absolute atomic E-state index is 0.257. The van der Waals surface area contributed by atoms with Crippen LogP contribution < -0.4 is 5.56 Å². The van der Waals surface area contributed by atoms with E-state index in [1.807, 2.05) is 36.4 Å². The molecule has 3 aromatic heterocycles. The number of hydrogen-bond donors (Lipinski definition) is 0. The lowest BCUT2D eigenvalue weighted by atomic mass is 10.2. The van der Waals surface area contributed by atoms with Gasteiger partial charge in [0.15, 0.2) is 0 Å². The molecule has 5 aromatic rings. The zero-order valence-electron chi connectivity index (χ0n) is 17.0. The van der Waals surface area contributed by atoms with Crippen molar-refractivity contribution >= 4 is 44.8 Å². The number of halogens is 1. The highest BCUT2D eigenvalue weighted by Crippen LogP contribution is 2.25. The van der Waals surface area contributed by atoms with Crippen LogP contribution in [0.4, 0.5) is 0 Å². The van der Waals surface area contributed by atoms with Gasteiger partial charge < -0.3 is 4.42 Å². The van der Waals surface area contributed by atoms with Crippen LogP contribution in [0.15, 0.2) is 97.1 Å². The molecule has 10 heteroatoms. The average Bonchev–Trinajstić information content (AvgIpc) is 3.33. The van der Waals surface area contributed by atoms with Gasteiger partial charge in [-0.2, -0.15) is 9.78 Å². The van der Waals surface area contributed by atoms with E-state index in [4.69, 9.17) is 4.42 Å². The molecule has 0 aliphatic carbocycles. The Morgan fingerprint density at radius 2 is 1.88 bits per heavy atom. The summed E-state index contributed by atoms with van der Waals surface area (Å²) >= 11 is 4.70. The van der Waals surface area contributed by atoms with Gasteiger partial charge in [0.1, 0.15) is 5.82 Å². The van der Waals surface area contributed by atoms with Gasteiger partial charge in [-0.3, -0.25) is 9.78 Å². The van der Waals surface area contributed by atoms with Crippen LogP contribution in [-0.2, 0) is 5.75 Å². The Morgan fingerprint density at radius 1 is 1.06 bits per heavy atom. The summed E-state index contributed by atoms with van der Waals surface area (Å²) in [5, 5.41) is 13.5. The van der Waals surface area contributed by atoms with E-state index >= 15 is 0 Å². The molecule has 0 bridgehead atoms. The molecule has 2 aromatic carbocycles. The van der Waals surface area contributed by atoms with Gasteiger partial charge in [0.25, 0.3) is 10.8 Å². The molecule has 33 heavy (non-hydrogen) atoms. The van der Waals surface area contributed by atoms with Crippen LogP contribution >= 0.6 is 27.7 Å². The van der Waals surface area contributed by atoms with Crippen molar-refractivity contribution in [1.82, 2.24) is 24.8 Å². The second kappa shape index (κ2) is 9.47. The van der Waals surface area contributed by atoms with Crippen molar-refractivity contribution in [1.29, 1.82) is 0 Å². The van der Waals surface area contributed by atoms with Gasteiger partial charge in [0.2, 0.25) is 5.89 Å². The molecule has 3 heterocycles. The minimum Gasteiger partial charge on any atom is -0.411 e. The highest BCUT2D eigenvalue weighted by atomic mass is 79.9. The average molecular weight is 519 g/mol. The largest absolute Gasteiger partial charge is 0.411 e. The van der Waals surface area contributed by atoms with E-state index in [1.165, 1.54) is 16.4 Å². The zero-order valence-corrected chi connectivity index (χ0v) is 19.4. The van der Waals surface area contributed by atoms with E-state index in [0.717, 1.165) is 15.6 Å². The Morgan fingerprint density at radius 3 is 2.70 bits per heavy atom. The third-order valence-corrected chi connectivity index (χ3v) is 5.96. The van der Waals surface area contributed by atoms with E-state index in [9.17, 15) is 4.79 Å². The lowest BCUT2D eigenvalue weighted by molar-refractivity contribution is 0.465. The number of hydrogen-bond acceptors (Lipinski definition) is 8. The van der Waals surface area contributed by atoms with Gasteiger partial charge >= 0.3 is 0 Å². The molecule has 0 N–H and O–H groups in total. The molecule has 0 aliphatic rings. The van der Waals surface area contributed by atoms with Crippen LogP contribution in [0.3, 0.4) is 0 Å². The zero-order chi connectivity index (χ0) is 22.6. The first-order chi connectivity index (χ1) is 16.2. The highest BCUT2D eigenvalue weighted by Gasteiger charge is 2.14. The number of rotatable bonds is 6. The molecule has 5 rings (SSSR count). The van der Waals surface area contributed by atoms with Gasteiger partial charge in [-0.1, -0.05) is 58.0 Å². The van der Waals surface area contributed by atoms with Gasteiger partial charge in [0.05, 0.1) is 22.9 Å². The number of aromatic nitrogens is 5. The van der Waals surface area contributed by atoms with Crippen LogP contribution in [0.5, 0.6) is 0 Å². The molecular formula is C23H15BrN6O2S. The number of nitrogens with zero attached hydrogens (tertiary/aromatic N) is 6. The summed E-state index contributed by atoms with van der Waals surface area (Å²) in [6.45, 7) is 0. The maximum atomic E-state index is 13.2. The van der Waals surface area contributed by atoms with Gasteiger partial charge in [-0.25, -0.2) is 4.98 Å². The summed E-state index contributed by atoms with van der Waals surface area (Å²) in [6.07, 6.45) is 4.95. The molecule has 0 spiro atoms. The summed E-state index contributed by atoms with van der Waals surface area (Å²) in [5.74, 6) is 1.18. The van der Waals surface area contributed by atoms with Crippen LogP contribution in [0.1, 0.15) is 11.4 Å². The Bertz CT molecular complexity index is 1500. The lowest BCUT2D eigenvalue weighted by Crippen LogP contribution is -2.22. The molecular weight excluding hydrogens is 504 g/mol. The standard InChI is InChI=1S/C23H15BrN6O2S/c24-17-6-7-19-18(12-17)22(31)30(26-13-15-4-2-1-3-5-15)20(27-19)14-33-23-29-28-21(32-23)16-8-10-25-11-9-16/h1-13H,14H2/b26-13+. The molecule has 0 saturated heterocycles. The fourth-order valence-corrected chi connectivity index (χ4v) is 4.11. The molecule has 0 atom stereocenters. The Labute approximate surface area is 200 Å². The first kappa shape index (κ1) is 21.2. The summed E-state index contributed by atoms with van der Waals surface area (Å²) in [6, 6.07) is 18.5. The number of thioether (sulfide) groups is 1. The van der Waals surface area contributed by atoms with Gasteiger partial charge in [0, 0.05) is 22.4 Å². The van der Waals surface area contributed by atoms with Crippen molar-refractivity contribution in [3.05, 3.63) is 99.3 Å². The van der Waals surface area contributed by atoms with Gasteiger partial charge in [-0.15, -0.1) is 10.2 Å². The van der Waals surface area contributed by atoms with Crippen molar-refractivity contribution in [2.24, 2.45) is 5.10 Å². The maximum Gasteiger partial charge on any atom is 0.282 e. The predicted octanol–water partition coefficient (Wildman–Crippen LogP) is 4.78. The molecule has 162 valence electrons. The maximum absolute atomic E-state index is 13.2. The third kappa shape index (κ3) is 4.76. The van der Waals surface area contributed by atoms with Crippen LogP contribution in [0, 0.1) is 0 Å². The normalized spacial score (nSPS) is 11.4. The van der Waals surface area contributed by atoms with Crippen LogP contribution in [-0.4, -0.2) is 31.1 Å². The topological polar surface area (TPSA) is 99.1 Å². The molecule has 0 radical (unpaired) electrons. The van der Waals surface area contributed by atoms with Crippen LogP contribution in [0.2, 0.25) is 0 Å². The fourth-order valence-electron chi connectivity index (χ4n) is 3.08. The van der Waals surface area contributed by atoms with Crippen molar-refractivity contribution < 1.29 is 4.42 Å². The summed E-state index contributed by atoms with van der Waals surface area (Å²) in [5.41, 5.74) is 1.99. The monoisotopic (exact) mass is 518 g/mol. The third-order valence-electron chi connectivity index (χ3n) is 4.66. The van der Waals surface area contributed by atoms with Crippen molar-refractivity contribution in [3.63, 3.8) is 0 Å². The minimum atomic E-state index is -0.257. The van der Waals surface area contributed by atoms with Crippen molar-refractivity contribution in [2.75, 3.05) is 0 Å². The van der Waals surface area contributed by atoms with Crippen LogP contribution in [0.25, 0.3) is 22.4 Å². The van der Waals surface area contributed by atoms with E-state index in [0.29, 0.717) is 33.6 Å². The second-order valence-electron chi connectivity index (χ2n) is 6.86. The van der Waals surface area contributed by atoms with Gasteiger partial charge in [-0.05, 0) is 35.9 Å². The van der Waals surface area contributed by atoms with E-state index in [-0.39, 0.29) is 5.56 Å². The molecule has 0 fully saturated rings. The number of pyridine rings is 1. The Hall–Kier alpha value is -3.63. The van der Waals surface area contributed by atoms with Crippen molar-refractivity contribution in [3.8, 4) is 11.5 Å². The lowest BCUT2D eigenvalue weighted by Gasteiger charge is -2.08. The van der Waals surface area contributed by atoms with E-state index in [2.05, 4.69) is 41.2 Å². The Balaban J connectivity index is 1.49. The Kier molecular flexibility index (Phi) is 6.09. The highest BCUT2D eigenvalue weighted by molar-refractivity contribution is 9.10. The number of benzene rings is 2. The molecule has 0 aliphatic heterocycles. The fraction of sp³-hybridized carbons (Fsp3) is 0.0435. The SMILES string of the molecule is O=c1c2cc(Br)ccc2nc(CSc2nnc(-c3ccncc3)o2)n1/N=C/c1ccccc1. The first-order valence-corrected chi connectivity index (χ1v) is 11.6. The first-order valence-electron chi connectivity index (χ1n) is 9.85. The second-order valence-corrected chi connectivity index (χ2v) is 8.70. The number of fused-ring (bicyclic) bond motifs is 1. The summed E-state index contributed by atoms with van der Waals surface area (Å²) in [4.78, 5) is 21.9. The van der Waals surface area contributed by atoms with Crippen molar-refractivity contribution in [2.45, 2.75) is 11.0 Å². The summed E-state index contributed by atoms with van der Waals surface area (Å²) in [7, 11) is 0.